The molecule has 1 atom stereocenters. The molecule has 0 bridgehead atoms. The second-order valence-corrected chi connectivity index (χ2v) is 12.1. The molecule has 4 rings (SSSR count). The van der Waals surface area contributed by atoms with Gasteiger partial charge in [-0.3, -0.25) is 4.79 Å². The summed E-state index contributed by atoms with van der Waals surface area (Å²) in [5.41, 5.74) is 2.00. The zero-order chi connectivity index (χ0) is 25.2. The summed E-state index contributed by atoms with van der Waals surface area (Å²) in [6, 6.07) is 16.5. The van der Waals surface area contributed by atoms with Crippen LogP contribution in [0.3, 0.4) is 0 Å². The molecule has 0 unspecified atom stereocenters. The number of piperidine rings is 1. The van der Waals surface area contributed by atoms with Crippen LogP contribution >= 0.6 is 0 Å². The van der Waals surface area contributed by atoms with Crippen molar-refractivity contribution in [2.75, 3.05) is 13.1 Å². The molecule has 1 aromatic heterocycles. The van der Waals surface area contributed by atoms with Gasteiger partial charge in [0.05, 0.1) is 4.90 Å². The molecule has 1 aliphatic heterocycles. The molecule has 1 N–H and O–H groups in total. The van der Waals surface area contributed by atoms with Crippen molar-refractivity contribution in [1.82, 2.24) is 19.2 Å². The highest BCUT2D eigenvalue weighted by molar-refractivity contribution is 7.89. The van der Waals surface area contributed by atoms with Crippen LogP contribution in [0.2, 0.25) is 0 Å². The van der Waals surface area contributed by atoms with E-state index in [1.807, 2.05) is 60.3 Å². The number of hydrogen-bond donors (Lipinski definition) is 1. The van der Waals surface area contributed by atoms with Crippen LogP contribution < -0.4 is 5.32 Å². The maximum atomic E-state index is 13.2. The number of nitrogens with one attached hydrogen (secondary N) is 1. The molecule has 0 saturated carbocycles. The number of sulfonamides is 1. The maximum Gasteiger partial charge on any atom is 0.243 e. The summed E-state index contributed by atoms with van der Waals surface area (Å²) in [4.78, 5) is 18.0. The SMILES string of the molecule is Cn1ccnc1[C@H](NC(=O)C1CCN(S(=O)(=O)c2ccc(C(C)(C)C)cc2)CC1)c1ccccc1. The monoisotopic (exact) mass is 494 g/mol. The normalized spacial score (nSPS) is 16.7. The Kier molecular flexibility index (Phi) is 7.15. The second kappa shape index (κ2) is 9.95. The molecule has 0 spiro atoms. The van der Waals surface area contributed by atoms with Crippen LogP contribution in [-0.4, -0.2) is 41.3 Å². The highest BCUT2D eigenvalue weighted by Crippen LogP contribution is 2.28. The van der Waals surface area contributed by atoms with Gasteiger partial charge in [-0.05, 0) is 41.5 Å². The number of amides is 1. The van der Waals surface area contributed by atoms with Crippen molar-refractivity contribution in [3.63, 3.8) is 0 Å². The Balaban J connectivity index is 1.43. The molecular formula is C27H34N4O3S. The quantitative estimate of drug-likeness (QED) is 0.561. The fourth-order valence-corrected chi connectivity index (χ4v) is 5.96. The van der Waals surface area contributed by atoms with E-state index in [2.05, 4.69) is 31.1 Å². The molecule has 1 amide bonds. The summed E-state index contributed by atoms with van der Waals surface area (Å²) in [6.45, 7) is 6.94. The van der Waals surface area contributed by atoms with Gasteiger partial charge >= 0.3 is 0 Å². The molecular weight excluding hydrogens is 460 g/mol. The average molecular weight is 495 g/mol. The van der Waals surface area contributed by atoms with Crippen LogP contribution in [0.25, 0.3) is 0 Å². The standard InChI is InChI=1S/C27H34N4O3S/c1-27(2,3)22-10-12-23(13-11-22)35(33,34)31-17-14-21(15-18-31)26(32)29-24(20-8-6-5-7-9-20)25-28-16-19-30(25)4/h5-13,16,19,21,24H,14-15,17-18H2,1-4H3,(H,29,32)/t24-/m1/s1. The topological polar surface area (TPSA) is 84.3 Å². The third kappa shape index (κ3) is 5.49. The second-order valence-electron chi connectivity index (χ2n) is 10.2. The van der Waals surface area contributed by atoms with Crippen molar-refractivity contribution in [1.29, 1.82) is 0 Å². The first-order valence-electron chi connectivity index (χ1n) is 12.0. The number of benzene rings is 2. The zero-order valence-corrected chi connectivity index (χ0v) is 21.6. The summed E-state index contributed by atoms with van der Waals surface area (Å²) < 4.78 is 29.8. The van der Waals surface area contributed by atoms with Gasteiger partial charge in [-0.2, -0.15) is 4.31 Å². The Morgan fingerprint density at radius 3 is 2.20 bits per heavy atom. The minimum Gasteiger partial charge on any atom is -0.342 e. The van der Waals surface area contributed by atoms with Crippen molar-refractivity contribution in [2.24, 2.45) is 13.0 Å². The van der Waals surface area contributed by atoms with Gasteiger partial charge in [0.15, 0.2) is 0 Å². The Labute approximate surface area is 208 Å². The average Bonchev–Trinajstić information content (AvgIpc) is 3.28. The van der Waals surface area contributed by atoms with Crippen LogP contribution in [0.1, 0.15) is 56.6 Å². The highest BCUT2D eigenvalue weighted by atomic mass is 32.2. The minimum atomic E-state index is -3.59. The third-order valence-corrected chi connectivity index (χ3v) is 8.63. The number of carbonyl (C=O) groups excluding carboxylic acids is 1. The molecule has 3 aromatic rings. The molecule has 2 aromatic carbocycles. The molecule has 0 aliphatic carbocycles. The van der Waals surface area contributed by atoms with Crippen molar-refractivity contribution < 1.29 is 13.2 Å². The Bertz CT molecular complexity index is 1250. The lowest BCUT2D eigenvalue weighted by Gasteiger charge is -2.31. The number of carbonyl (C=O) groups is 1. The number of aryl methyl sites for hydroxylation is 1. The first-order valence-corrected chi connectivity index (χ1v) is 13.4. The van der Waals surface area contributed by atoms with Crippen molar-refractivity contribution in [3.05, 3.63) is 83.9 Å². The van der Waals surface area contributed by atoms with Crippen LogP contribution in [0.4, 0.5) is 0 Å². The van der Waals surface area contributed by atoms with E-state index in [-0.39, 0.29) is 23.3 Å². The molecule has 186 valence electrons. The van der Waals surface area contributed by atoms with Gasteiger partial charge in [0.2, 0.25) is 15.9 Å². The molecule has 2 heterocycles. The molecule has 8 heteroatoms. The molecule has 1 fully saturated rings. The van der Waals surface area contributed by atoms with Gasteiger partial charge < -0.3 is 9.88 Å². The minimum absolute atomic E-state index is 0.0411. The fraction of sp³-hybridized carbons (Fsp3) is 0.407. The summed E-state index contributed by atoms with van der Waals surface area (Å²) in [5.74, 6) is 0.424. The van der Waals surface area contributed by atoms with E-state index in [4.69, 9.17) is 0 Å². The Morgan fingerprint density at radius 1 is 1.03 bits per heavy atom. The number of aromatic nitrogens is 2. The van der Waals surface area contributed by atoms with Crippen molar-refractivity contribution in [3.8, 4) is 0 Å². The largest absolute Gasteiger partial charge is 0.342 e. The van der Waals surface area contributed by atoms with E-state index in [1.165, 1.54) is 4.31 Å². The van der Waals surface area contributed by atoms with Gasteiger partial charge in [0.1, 0.15) is 11.9 Å². The zero-order valence-electron chi connectivity index (χ0n) is 20.8. The molecule has 1 saturated heterocycles. The lowest BCUT2D eigenvalue weighted by atomic mass is 9.87. The van der Waals surface area contributed by atoms with Gasteiger partial charge in [-0.15, -0.1) is 0 Å². The van der Waals surface area contributed by atoms with Gasteiger partial charge in [-0.1, -0.05) is 63.2 Å². The summed E-state index contributed by atoms with van der Waals surface area (Å²) in [5, 5.41) is 3.16. The number of imidazole rings is 1. The van der Waals surface area contributed by atoms with E-state index in [0.29, 0.717) is 30.8 Å². The first-order chi connectivity index (χ1) is 16.6. The van der Waals surface area contributed by atoms with Crippen LogP contribution in [0.5, 0.6) is 0 Å². The molecule has 35 heavy (non-hydrogen) atoms. The molecule has 0 radical (unpaired) electrons. The smallest absolute Gasteiger partial charge is 0.243 e. The summed E-state index contributed by atoms with van der Waals surface area (Å²) >= 11 is 0. The highest BCUT2D eigenvalue weighted by Gasteiger charge is 2.33. The predicted octanol–water partition coefficient (Wildman–Crippen LogP) is 4.02. The van der Waals surface area contributed by atoms with E-state index in [1.54, 1.807) is 18.3 Å². The molecule has 7 nitrogen and oxygen atoms in total. The number of hydrogen-bond acceptors (Lipinski definition) is 4. The third-order valence-electron chi connectivity index (χ3n) is 6.72. The van der Waals surface area contributed by atoms with Crippen molar-refractivity contribution in [2.45, 2.75) is 50.0 Å². The lowest BCUT2D eigenvalue weighted by Crippen LogP contribution is -2.44. The van der Waals surface area contributed by atoms with E-state index < -0.39 is 10.0 Å². The molecule has 1 aliphatic rings. The predicted molar refractivity (Wildman–Crippen MR) is 136 cm³/mol. The lowest BCUT2D eigenvalue weighted by molar-refractivity contribution is -0.126. The number of nitrogens with zero attached hydrogens (tertiary/aromatic N) is 3. The first kappa shape index (κ1) is 25.1. The number of rotatable bonds is 6. The Hall–Kier alpha value is -2.97. The van der Waals surface area contributed by atoms with E-state index >= 15 is 0 Å². The van der Waals surface area contributed by atoms with Gasteiger partial charge in [0.25, 0.3) is 0 Å². The van der Waals surface area contributed by atoms with Crippen molar-refractivity contribution >= 4 is 15.9 Å². The Morgan fingerprint density at radius 2 is 1.66 bits per heavy atom. The van der Waals surface area contributed by atoms with E-state index in [9.17, 15) is 13.2 Å². The van der Waals surface area contributed by atoms with E-state index in [0.717, 1.165) is 17.0 Å². The fourth-order valence-electron chi connectivity index (χ4n) is 4.49. The van der Waals surface area contributed by atoms with Gasteiger partial charge in [-0.25, -0.2) is 13.4 Å². The van der Waals surface area contributed by atoms with Crippen LogP contribution in [0, 0.1) is 5.92 Å². The summed E-state index contributed by atoms with van der Waals surface area (Å²) in [6.07, 6.45) is 4.53. The van der Waals surface area contributed by atoms with Crippen LogP contribution in [-0.2, 0) is 27.3 Å². The van der Waals surface area contributed by atoms with Crippen LogP contribution in [0.15, 0.2) is 71.9 Å². The maximum absolute atomic E-state index is 13.2. The van der Waals surface area contributed by atoms with Gasteiger partial charge in [0, 0.05) is 38.4 Å². The summed E-state index contributed by atoms with van der Waals surface area (Å²) in [7, 11) is -1.69.